The van der Waals surface area contributed by atoms with E-state index in [0.717, 1.165) is 4.90 Å². The molecule has 18 heavy (non-hydrogen) atoms. The molecule has 8 nitrogen and oxygen atoms in total. The molecule has 0 unspecified atom stereocenters. The Morgan fingerprint density at radius 3 is 1.83 bits per heavy atom. The number of hydrogen-bond acceptors (Lipinski definition) is 4. The number of carboxylic acid groups (broad SMARTS) is 2. The molecule has 0 aliphatic carbocycles. The van der Waals surface area contributed by atoms with Crippen LogP contribution in [0.25, 0.3) is 0 Å². The van der Waals surface area contributed by atoms with E-state index < -0.39 is 31.1 Å². The molecule has 0 saturated carbocycles. The Kier molecular flexibility index (Phi) is 7.45. The van der Waals surface area contributed by atoms with Gasteiger partial charge in [0.1, 0.15) is 13.1 Å². The van der Waals surface area contributed by atoms with E-state index in [2.05, 4.69) is 0 Å². The molecule has 0 bridgehead atoms. The highest BCUT2D eigenvalue weighted by Crippen LogP contribution is 2.01. The molecule has 0 aromatic carbocycles. The van der Waals surface area contributed by atoms with Crippen LogP contribution in [-0.4, -0.2) is 75.9 Å². The lowest BCUT2D eigenvalue weighted by molar-refractivity contribution is -0.140. The molecule has 0 saturated heterocycles. The van der Waals surface area contributed by atoms with Crippen LogP contribution in [0.4, 0.5) is 4.79 Å². The molecule has 0 aromatic heterocycles. The second-order valence-corrected chi connectivity index (χ2v) is 3.58. The standard InChI is InChI=1S/C10H18N2O6/c1-2-11(4-3-5-13)10(18)12(6-8(14)15)7-9(16)17/h13H,2-7H2,1H3,(H,14,15)(H,16,17). The van der Waals surface area contributed by atoms with Gasteiger partial charge in [0.15, 0.2) is 0 Å². The van der Waals surface area contributed by atoms with E-state index >= 15 is 0 Å². The first-order valence-corrected chi connectivity index (χ1v) is 5.50. The van der Waals surface area contributed by atoms with Gasteiger partial charge < -0.3 is 25.1 Å². The quantitative estimate of drug-likeness (QED) is 0.531. The maximum Gasteiger partial charge on any atom is 0.323 e. The fourth-order valence-corrected chi connectivity index (χ4v) is 1.37. The van der Waals surface area contributed by atoms with Gasteiger partial charge >= 0.3 is 18.0 Å². The lowest BCUT2D eigenvalue weighted by Crippen LogP contribution is -2.47. The third-order valence-corrected chi connectivity index (χ3v) is 2.16. The number of nitrogens with zero attached hydrogens (tertiary/aromatic N) is 2. The Bertz CT molecular complexity index is 291. The van der Waals surface area contributed by atoms with Crippen molar-refractivity contribution in [2.24, 2.45) is 0 Å². The molecular weight excluding hydrogens is 244 g/mol. The first kappa shape index (κ1) is 16.2. The average Bonchev–Trinajstić information content (AvgIpc) is 2.27. The van der Waals surface area contributed by atoms with Gasteiger partial charge in [-0.05, 0) is 13.3 Å². The number of rotatable bonds is 8. The molecule has 0 fully saturated rings. The summed E-state index contributed by atoms with van der Waals surface area (Å²) in [5, 5.41) is 25.9. The van der Waals surface area contributed by atoms with Crippen LogP contribution in [0.5, 0.6) is 0 Å². The first-order chi connectivity index (χ1) is 8.42. The number of aliphatic hydroxyl groups is 1. The molecule has 0 atom stereocenters. The molecule has 0 rings (SSSR count). The SMILES string of the molecule is CCN(CCCO)C(=O)N(CC(=O)O)CC(=O)O. The summed E-state index contributed by atoms with van der Waals surface area (Å²) in [6.07, 6.45) is 0.355. The molecule has 0 aliphatic heterocycles. The van der Waals surface area contributed by atoms with Gasteiger partial charge in [0.25, 0.3) is 0 Å². The number of hydrogen-bond donors (Lipinski definition) is 3. The fraction of sp³-hybridized carbons (Fsp3) is 0.700. The van der Waals surface area contributed by atoms with Crippen molar-refractivity contribution in [1.82, 2.24) is 9.80 Å². The summed E-state index contributed by atoms with van der Waals surface area (Å²) in [6.45, 7) is 0.828. The van der Waals surface area contributed by atoms with Crippen molar-refractivity contribution in [3.63, 3.8) is 0 Å². The minimum atomic E-state index is -1.28. The lowest BCUT2D eigenvalue weighted by atomic mass is 10.4. The van der Waals surface area contributed by atoms with Crippen molar-refractivity contribution in [1.29, 1.82) is 0 Å². The Labute approximate surface area is 104 Å². The predicted molar refractivity (Wildman–Crippen MR) is 61.2 cm³/mol. The highest BCUT2D eigenvalue weighted by Gasteiger charge is 2.23. The van der Waals surface area contributed by atoms with Gasteiger partial charge in [-0.2, -0.15) is 0 Å². The zero-order valence-corrected chi connectivity index (χ0v) is 10.2. The summed E-state index contributed by atoms with van der Waals surface area (Å²) < 4.78 is 0. The van der Waals surface area contributed by atoms with E-state index in [1.54, 1.807) is 6.92 Å². The van der Waals surface area contributed by atoms with Crippen LogP contribution in [0, 0.1) is 0 Å². The number of aliphatic carboxylic acids is 2. The molecule has 0 aliphatic rings. The highest BCUT2D eigenvalue weighted by molar-refractivity contribution is 5.84. The van der Waals surface area contributed by atoms with Crippen molar-refractivity contribution in [3.8, 4) is 0 Å². The number of aliphatic hydroxyl groups excluding tert-OH is 1. The number of carbonyl (C=O) groups excluding carboxylic acids is 1. The molecular formula is C10H18N2O6. The first-order valence-electron chi connectivity index (χ1n) is 5.50. The molecule has 104 valence electrons. The normalized spacial score (nSPS) is 9.89. The van der Waals surface area contributed by atoms with E-state index in [1.807, 2.05) is 0 Å². The summed E-state index contributed by atoms with van der Waals surface area (Å²) in [6, 6.07) is -0.657. The van der Waals surface area contributed by atoms with E-state index in [9.17, 15) is 14.4 Å². The molecule has 3 N–H and O–H groups in total. The van der Waals surface area contributed by atoms with Crippen LogP contribution >= 0.6 is 0 Å². The van der Waals surface area contributed by atoms with Crippen molar-refractivity contribution in [2.45, 2.75) is 13.3 Å². The van der Waals surface area contributed by atoms with Crippen molar-refractivity contribution in [2.75, 3.05) is 32.8 Å². The minimum absolute atomic E-state index is 0.0956. The lowest BCUT2D eigenvalue weighted by Gasteiger charge is -2.27. The number of amides is 2. The number of carboxylic acids is 2. The topological polar surface area (TPSA) is 118 Å². The van der Waals surface area contributed by atoms with Crippen LogP contribution in [0.15, 0.2) is 0 Å². The van der Waals surface area contributed by atoms with Gasteiger partial charge in [0.2, 0.25) is 0 Å². The van der Waals surface area contributed by atoms with Crippen molar-refractivity contribution in [3.05, 3.63) is 0 Å². The Hall–Kier alpha value is -1.83. The van der Waals surface area contributed by atoms with E-state index in [1.165, 1.54) is 4.90 Å². The van der Waals surface area contributed by atoms with Gasteiger partial charge in [-0.3, -0.25) is 9.59 Å². The highest BCUT2D eigenvalue weighted by atomic mass is 16.4. The second-order valence-electron chi connectivity index (χ2n) is 3.58. The fourth-order valence-electron chi connectivity index (χ4n) is 1.37. The van der Waals surface area contributed by atoms with E-state index in [4.69, 9.17) is 15.3 Å². The van der Waals surface area contributed by atoms with Crippen LogP contribution in [0.2, 0.25) is 0 Å². The number of urea groups is 1. The maximum atomic E-state index is 11.9. The van der Waals surface area contributed by atoms with Gasteiger partial charge in [-0.25, -0.2) is 4.79 Å². The Balaban J connectivity index is 4.67. The van der Waals surface area contributed by atoms with Crippen LogP contribution < -0.4 is 0 Å². The van der Waals surface area contributed by atoms with Gasteiger partial charge in [-0.1, -0.05) is 0 Å². The predicted octanol–water partition coefficient (Wildman–Crippen LogP) is -0.718. The second kappa shape index (κ2) is 8.29. The zero-order chi connectivity index (χ0) is 14.1. The van der Waals surface area contributed by atoms with Gasteiger partial charge in [0, 0.05) is 19.7 Å². The van der Waals surface area contributed by atoms with Gasteiger partial charge in [-0.15, -0.1) is 0 Å². The van der Waals surface area contributed by atoms with Gasteiger partial charge in [0.05, 0.1) is 0 Å². The molecule has 8 heteroatoms. The third-order valence-electron chi connectivity index (χ3n) is 2.16. The Morgan fingerprint density at radius 1 is 1.00 bits per heavy atom. The summed E-state index contributed by atoms with van der Waals surface area (Å²) in [4.78, 5) is 35.1. The largest absolute Gasteiger partial charge is 0.480 e. The molecule has 2 amide bonds. The molecule has 0 radical (unpaired) electrons. The zero-order valence-electron chi connectivity index (χ0n) is 10.2. The van der Waals surface area contributed by atoms with Crippen LogP contribution in [0.3, 0.4) is 0 Å². The monoisotopic (exact) mass is 262 g/mol. The third kappa shape index (κ3) is 6.04. The maximum absolute atomic E-state index is 11.9. The summed E-state index contributed by atoms with van der Waals surface area (Å²) in [5.41, 5.74) is 0. The van der Waals surface area contributed by atoms with Crippen LogP contribution in [-0.2, 0) is 9.59 Å². The summed E-state index contributed by atoms with van der Waals surface area (Å²) in [5.74, 6) is -2.55. The molecule has 0 heterocycles. The average molecular weight is 262 g/mol. The minimum Gasteiger partial charge on any atom is -0.480 e. The van der Waals surface area contributed by atoms with Crippen molar-refractivity contribution < 1.29 is 29.7 Å². The number of carbonyl (C=O) groups is 3. The molecule has 0 spiro atoms. The van der Waals surface area contributed by atoms with Crippen LogP contribution in [0.1, 0.15) is 13.3 Å². The van der Waals surface area contributed by atoms with Crippen molar-refractivity contribution >= 4 is 18.0 Å². The van der Waals surface area contributed by atoms with E-state index in [0.29, 0.717) is 13.0 Å². The van der Waals surface area contributed by atoms with E-state index in [-0.39, 0.29) is 13.2 Å². The summed E-state index contributed by atoms with van der Waals surface area (Å²) >= 11 is 0. The molecule has 0 aromatic rings. The summed E-state index contributed by atoms with van der Waals surface area (Å²) in [7, 11) is 0. The Morgan fingerprint density at radius 2 is 1.50 bits per heavy atom. The smallest absolute Gasteiger partial charge is 0.323 e.